The monoisotopic (exact) mass is 430 g/mol. The van der Waals surface area contributed by atoms with Crippen molar-refractivity contribution in [1.29, 1.82) is 0 Å². The van der Waals surface area contributed by atoms with E-state index in [-0.39, 0.29) is 36.3 Å². The Morgan fingerprint density at radius 1 is 0.935 bits per heavy atom. The van der Waals surface area contributed by atoms with Gasteiger partial charge in [0, 0.05) is 5.56 Å². The molecule has 166 valence electrons. The van der Waals surface area contributed by atoms with Crippen molar-refractivity contribution in [3.8, 4) is 17.2 Å². The average molecular weight is 430 g/mol. The Morgan fingerprint density at radius 3 is 2.32 bits per heavy atom. The van der Waals surface area contributed by atoms with Gasteiger partial charge < -0.3 is 29.6 Å². The molecule has 9 heteroatoms. The summed E-state index contributed by atoms with van der Waals surface area (Å²) in [6.45, 7) is 2.92. The number of nitrogens with one attached hydrogen (secondary N) is 2. The maximum atomic E-state index is 12.3. The normalized spacial score (nSPS) is 10.2. The number of hydrogen-bond donors (Lipinski definition) is 2. The van der Waals surface area contributed by atoms with Gasteiger partial charge in [-0.15, -0.1) is 0 Å². The van der Waals surface area contributed by atoms with E-state index in [1.165, 1.54) is 32.4 Å². The van der Waals surface area contributed by atoms with Gasteiger partial charge in [-0.25, -0.2) is 0 Å². The number of para-hydroxylation sites is 2. The summed E-state index contributed by atoms with van der Waals surface area (Å²) in [5.74, 6) is -0.315. The molecule has 0 saturated heterocycles. The number of benzene rings is 2. The van der Waals surface area contributed by atoms with E-state index in [1.807, 2.05) is 0 Å². The van der Waals surface area contributed by atoms with E-state index in [1.54, 1.807) is 38.1 Å². The van der Waals surface area contributed by atoms with Crippen LogP contribution < -0.4 is 24.8 Å². The highest BCUT2D eigenvalue weighted by Gasteiger charge is 2.15. The number of carbonyl (C=O) groups excluding carboxylic acids is 3. The summed E-state index contributed by atoms with van der Waals surface area (Å²) in [5.41, 5.74) is 0.786. The van der Waals surface area contributed by atoms with E-state index < -0.39 is 17.8 Å². The van der Waals surface area contributed by atoms with Crippen molar-refractivity contribution in [1.82, 2.24) is 5.32 Å². The molecule has 2 aromatic carbocycles. The van der Waals surface area contributed by atoms with E-state index >= 15 is 0 Å². The Kier molecular flexibility index (Phi) is 8.68. The molecule has 0 unspecified atom stereocenters. The van der Waals surface area contributed by atoms with Crippen LogP contribution in [0, 0.1) is 0 Å². The Balaban J connectivity index is 1.96. The average Bonchev–Trinajstić information content (AvgIpc) is 2.75. The largest absolute Gasteiger partial charge is 0.495 e. The van der Waals surface area contributed by atoms with Crippen LogP contribution in [0.25, 0.3) is 0 Å². The van der Waals surface area contributed by atoms with Crippen LogP contribution in [-0.4, -0.2) is 51.3 Å². The second kappa shape index (κ2) is 11.4. The molecule has 9 nitrogen and oxygen atoms in total. The van der Waals surface area contributed by atoms with Crippen molar-refractivity contribution in [2.24, 2.45) is 0 Å². The van der Waals surface area contributed by atoms with Gasteiger partial charge in [-0.1, -0.05) is 12.1 Å². The first-order valence-corrected chi connectivity index (χ1v) is 9.55. The van der Waals surface area contributed by atoms with Crippen molar-refractivity contribution < 1.29 is 33.3 Å². The highest BCUT2D eigenvalue weighted by atomic mass is 16.5. The molecule has 0 radical (unpaired) electrons. The zero-order chi connectivity index (χ0) is 22.8. The molecule has 0 spiro atoms. The molecular weight excluding hydrogens is 404 g/mol. The number of anilines is 1. The maximum absolute atomic E-state index is 12.3. The van der Waals surface area contributed by atoms with Gasteiger partial charge in [0.2, 0.25) is 0 Å². The molecule has 0 bridgehead atoms. The van der Waals surface area contributed by atoms with Crippen molar-refractivity contribution in [3.05, 3.63) is 48.0 Å². The lowest BCUT2D eigenvalue weighted by Gasteiger charge is -2.13. The fourth-order valence-electron chi connectivity index (χ4n) is 2.56. The fourth-order valence-corrected chi connectivity index (χ4v) is 2.56. The third-order valence-electron chi connectivity index (χ3n) is 3.93. The van der Waals surface area contributed by atoms with Crippen molar-refractivity contribution in [2.75, 3.05) is 32.7 Å². The topological polar surface area (TPSA) is 112 Å². The Morgan fingerprint density at radius 2 is 1.65 bits per heavy atom. The molecule has 0 atom stereocenters. The molecule has 0 aliphatic rings. The summed E-state index contributed by atoms with van der Waals surface area (Å²) in [7, 11) is 2.93. The molecule has 0 fully saturated rings. The van der Waals surface area contributed by atoms with Crippen LogP contribution >= 0.6 is 0 Å². The quantitative estimate of drug-likeness (QED) is 0.557. The summed E-state index contributed by atoms with van der Waals surface area (Å²) in [6.07, 6.45) is -0.263. The van der Waals surface area contributed by atoms with Crippen LogP contribution in [0.15, 0.2) is 42.5 Å². The van der Waals surface area contributed by atoms with E-state index in [4.69, 9.17) is 18.9 Å². The standard InChI is InChI=1S/C22H26N2O7/c1-14(2)31-21(26)12-23-22(27)15-9-10-18(19(11-15)29-4)30-13-20(25)24-16-7-5-6-8-17(16)28-3/h5-11,14H,12-13H2,1-4H3,(H,23,27)(H,24,25). The van der Waals surface area contributed by atoms with E-state index in [0.717, 1.165) is 0 Å². The highest BCUT2D eigenvalue weighted by Crippen LogP contribution is 2.28. The van der Waals surface area contributed by atoms with E-state index in [9.17, 15) is 14.4 Å². The first-order chi connectivity index (χ1) is 14.8. The van der Waals surface area contributed by atoms with Crippen LogP contribution in [0.4, 0.5) is 5.69 Å². The number of rotatable bonds is 10. The highest BCUT2D eigenvalue weighted by molar-refractivity contribution is 5.96. The number of methoxy groups -OCH3 is 2. The number of esters is 1. The molecule has 31 heavy (non-hydrogen) atoms. The van der Waals surface area contributed by atoms with Gasteiger partial charge in [0.05, 0.1) is 26.0 Å². The lowest BCUT2D eigenvalue weighted by atomic mass is 10.2. The van der Waals surface area contributed by atoms with Crippen LogP contribution in [0.5, 0.6) is 17.2 Å². The molecule has 2 rings (SSSR count). The molecule has 0 aliphatic heterocycles. The molecule has 2 N–H and O–H groups in total. The van der Waals surface area contributed by atoms with Gasteiger partial charge in [-0.05, 0) is 44.2 Å². The van der Waals surface area contributed by atoms with Crippen molar-refractivity contribution >= 4 is 23.5 Å². The molecule has 2 amide bonds. The second-order valence-electron chi connectivity index (χ2n) is 6.62. The Bertz CT molecular complexity index is 928. The lowest BCUT2D eigenvalue weighted by Crippen LogP contribution is -2.31. The van der Waals surface area contributed by atoms with Gasteiger partial charge in [0.15, 0.2) is 18.1 Å². The number of carbonyl (C=O) groups is 3. The van der Waals surface area contributed by atoms with Gasteiger partial charge in [-0.3, -0.25) is 14.4 Å². The minimum absolute atomic E-state index is 0.249. The minimum Gasteiger partial charge on any atom is -0.495 e. The fraction of sp³-hybridized carbons (Fsp3) is 0.318. The van der Waals surface area contributed by atoms with E-state index in [0.29, 0.717) is 11.4 Å². The van der Waals surface area contributed by atoms with Crippen molar-refractivity contribution in [3.63, 3.8) is 0 Å². The third kappa shape index (κ3) is 7.22. The smallest absolute Gasteiger partial charge is 0.325 e. The first-order valence-electron chi connectivity index (χ1n) is 9.55. The van der Waals surface area contributed by atoms with Gasteiger partial charge >= 0.3 is 5.97 Å². The second-order valence-corrected chi connectivity index (χ2v) is 6.62. The number of ether oxygens (including phenoxy) is 4. The molecular formula is C22H26N2O7. The zero-order valence-corrected chi connectivity index (χ0v) is 17.9. The third-order valence-corrected chi connectivity index (χ3v) is 3.93. The van der Waals surface area contributed by atoms with Gasteiger partial charge in [-0.2, -0.15) is 0 Å². The van der Waals surface area contributed by atoms with Crippen LogP contribution in [-0.2, 0) is 14.3 Å². The van der Waals surface area contributed by atoms with Crippen LogP contribution in [0.1, 0.15) is 24.2 Å². The molecule has 2 aromatic rings. The summed E-state index contributed by atoms with van der Waals surface area (Å²) in [6, 6.07) is 11.5. The van der Waals surface area contributed by atoms with Gasteiger partial charge in [0.25, 0.3) is 11.8 Å². The summed E-state index contributed by atoms with van der Waals surface area (Å²) in [5, 5.41) is 5.18. The number of amides is 2. The summed E-state index contributed by atoms with van der Waals surface area (Å²) < 4.78 is 20.9. The zero-order valence-electron chi connectivity index (χ0n) is 17.9. The summed E-state index contributed by atoms with van der Waals surface area (Å²) >= 11 is 0. The van der Waals surface area contributed by atoms with Crippen LogP contribution in [0.3, 0.4) is 0 Å². The Labute approximate surface area is 180 Å². The predicted octanol–water partition coefficient (Wildman–Crippen LogP) is 2.40. The van der Waals surface area contributed by atoms with Gasteiger partial charge in [0.1, 0.15) is 12.3 Å². The number of hydrogen-bond acceptors (Lipinski definition) is 7. The molecule has 0 aliphatic carbocycles. The molecule has 0 heterocycles. The van der Waals surface area contributed by atoms with E-state index in [2.05, 4.69) is 10.6 Å². The molecule has 0 saturated carbocycles. The Hall–Kier alpha value is -3.75. The van der Waals surface area contributed by atoms with Crippen molar-refractivity contribution in [2.45, 2.75) is 20.0 Å². The predicted molar refractivity (Wildman–Crippen MR) is 114 cm³/mol. The molecule has 0 aromatic heterocycles. The SMILES string of the molecule is COc1ccccc1NC(=O)COc1ccc(C(=O)NCC(=O)OC(C)C)cc1OC. The minimum atomic E-state index is -0.531. The summed E-state index contributed by atoms with van der Waals surface area (Å²) in [4.78, 5) is 36.0. The van der Waals surface area contributed by atoms with Crippen LogP contribution in [0.2, 0.25) is 0 Å². The lowest BCUT2D eigenvalue weighted by molar-refractivity contribution is -0.146. The maximum Gasteiger partial charge on any atom is 0.325 e. The first kappa shape index (κ1) is 23.5.